The van der Waals surface area contributed by atoms with Crippen LogP contribution in [0.2, 0.25) is 0 Å². The van der Waals surface area contributed by atoms with Crippen LogP contribution in [0.4, 0.5) is 0 Å². The van der Waals surface area contributed by atoms with Crippen LogP contribution in [-0.4, -0.2) is 27.8 Å². The van der Waals surface area contributed by atoms with Crippen LogP contribution in [0.25, 0.3) is 16.6 Å². The third-order valence-corrected chi connectivity index (χ3v) is 6.64. The third kappa shape index (κ3) is 1.69. The molecule has 1 aromatic heterocycles. The molecule has 1 saturated heterocycles. The van der Waals surface area contributed by atoms with Gasteiger partial charge >= 0.3 is 0 Å². The van der Waals surface area contributed by atoms with E-state index in [0.29, 0.717) is 11.7 Å². The number of rotatable bonds is 2. The first kappa shape index (κ1) is 14.7. The van der Waals surface area contributed by atoms with E-state index in [9.17, 15) is 4.79 Å². The van der Waals surface area contributed by atoms with Gasteiger partial charge in [0.25, 0.3) is 5.24 Å². The summed E-state index contributed by atoms with van der Waals surface area (Å²) >= 11 is 6.06. The largest absolute Gasteiger partial charge is 0.308 e. The average Bonchev–Trinajstić information content (AvgIpc) is 2.95. The molecule has 0 spiro atoms. The van der Waals surface area contributed by atoms with E-state index in [1.807, 2.05) is 6.07 Å². The normalized spacial score (nSPS) is 28.6. The molecule has 5 rings (SSSR count). The molecule has 124 valence electrons. The van der Waals surface area contributed by atoms with E-state index in [0.717, 1.165) is 37.9 Å². The number of carbonyl (C=O) groups is 1. The number of benzene rings is 1. The maximum Gasteiger partial charge on any atom is 0.268 e. The molecule has 1 fully saturated rings. The number of para-hydroxylation sites is 1. The highest BCUT2D eigenvalue weighted by Crippen LogP contribution is 2.57. The first-order valence-corrected chi connectivity index (χ1v) is 9.33. The smallest absolute Gasteiger partial charge is 0.268 e. The minimum absolute atomic E-state index is 0.0394. The van der Waals surface area contributed by atoms with E-state index in [1.54, 1.807) is 0 Å². The fourth-order valence-corrected chi connectivity index (χ4v) is 5.56. The highest BCUT2D eigenvalue weighted by Gasteiger charge is 2.50. The third-order valence-electron chi connectivity index (χ3n) is 6.45. The van der Waals surface area contributed by atoms with Gasteiger partial charge in [0, 0.05) is 23.0 Å². The predicted molar refractivity (Wildman–Crippen MR) is 97.0 cm³/mol. The highest BCUT2D eigenvalue weighted by molar-refractivity contribution is 6.73. The fraction of sp³-hybridized carbons (Fsp3) is 0.450. The van der Waals surface area contributed by atoms with Crippen LogP contribution in [0.1, 0.15) is 43.5 Å². The average molecular weight is 341 g/mol. The number of carbonyl (C=O) groups excluding carboxylic acids is 1. The molecular weight excluding hydrogens is 320 g/mol. The van der Waals surface area contributed by atoms with Gasteiger partial charge in [0.2, 0.25) is 0 Å². The van der Waals surface area contributed by atoms with Gasteiger partial charge in [-0.3, -0.25) is 9.69 Å². The van der Waals surface area contributed by atoms with Gasteiger partial charge in [-0.05, 0) is 61.5 Å². The van der Waals surface area contributed by atoms with Crippen molar-refractivity contribution in [3.05, 3.63) is 41.6 Å². The van der Waals surface area contributed by atoms with Crippen LogP contribution in [-0.2, 0) is 11.2 Å². The molecule has 0 radical (unpaired) electrons. The van der Waals surface area contributed by atoms with Crippen LogP contribution in [0.3, 0.4) is 0 Å². The summed E-state index contributed by atoms with van der Waals surface area (Å²) in [6.07, 6.45) is 6.64. The Morgan fingerprint density at radius 2 is 2.17 bits per heavy atom. The molecule has 0 amide bonds. The Balaban J connectivity index is 1.92. The van der Waals surface area contributed by atoms with Crippen LogP contribution in [0.15, 0.2) is 30.3 Å². The molecule has 4 heterocycles. The number of allylic oxidation sites excluding steroid dienone is 1. The lowest BCUT2D eigenvalue weighted by Gasteiger charge is -2.53. The number of hydrogen-bond acceptors (Lipinski definition) is 2. The van der Waals surface area contributed by atoms with E-state index in [4.69, 9.17) is 11.6 Å². The fourth-order valence-electron chi connectivity index (χ4n) is 5.42. The van der Waals surface area contributed by atoms with Gasteiger partial charge in [0.15, 0.2) is 0 Å². The summed E-state index contributed by atoms with van der Waals surface area (Å²) in [4.78, 5) is 14.9. The molecular formula is C20H21ClN2O. The van der Waals surface area contributed by atoms with Crippen LogP contribution >= 0.6 is 11.6 Å². The van der Waals surface area contributed by atoms with Crippen molar-refractivity contribution in [2.24, 2.45) is 5.41 Å². The van der Waals surface area contributed by atoms with E-state index < -0.39 is 0 Å². The summed E-state index contributed by atoms with van der Waals surface area (Å²) in [5.74, 6) is 0. The second-order valence-corrected chi connectivity index (χ2v) is 7.74. The Bertz CT molecular complexity index is 896. The topological polar surface area (TPSA) is 25.2 Å². The van der Waals surface area contributed by atoms with Crippen LogP contribution < -0.4 is 0 Å². The molecule has 2 aromatic rings. The summed E-state index contributed by atoms with van der Waals surface area (Å²) in [6.45, 7) is 4.53. The zero-order chi connectivity index (χ0) is 16.5. The monoisotopic (exact) mass is 340 g/mol. The standard InChI is InChI=1S/C20H21ClN2O/c1-2-20-9-5-10-22-11-8-14-13-6-3-4-7-15(13)23(17(14)18(20)22)16(12-20)19(21)24/h3-4,6-7,12,18H,2,5,8-11H2,1H3/t18-,20+/m0/s1. The van der Waals surface area contributed by atoms with Crippen molar-refractivity contribution in [1.29, 1.82) is 0 Å². The molecule has 2 atom stereocenters. The summed E-state index contributed by atoms with van der Waals surface area (Å²) in [5, 5.41) is 0.945. The molecule has 0 unspecified atom stereocenters. The molecule has 3 aliphatic heterocycles. The van der Waals surface area contributed by atoms with Gasteiger partial charge in [0.05, 0.1) is 11.6 Å². The number of nitrogens with zero attached hydrogens (tertiary/aromatic N) is 2. The summed E-state index contributed by atoms with van der Waals surface area (Å²) in [5.41, 5.74) is 4.58. The van der Waals surface area contributed by atoms with Crippen LogP contribution in [0.5, 0.6) is 0 Å². The highest BCUT2D eigenvalue weighted by atomic mass is 35.5. The number of fused-ring (bicyclic) bond motifs is 3. The Labute approximate surface area is 146 Å². The molecule has 0 N–H and O–H groups in total. The van der Waals surface area contributed by atoms with E-state index >= 15 is 0 Å². The molecule has 0 aliphatic carbocycles. The van der Waals surface area contributed by atoms with Gasteiger partial charge in [-0.1, -0.05) is 25.1 Å². The number of piperidine rings is 1. The first-order valence-electron chi connectivity index (χ1n) is 8.95. The zero-order valence-corrected chi connectivity index (χ0v) is 14.6. The minimum atomic E-state index is -0.340. The van der Waals surface area contributed by atoms with Gasteiger partial charge in [-0.15, -0.1) is 0 Å². The maximum absolute atomic E-state index is 12.3. The van der Waals surface area contributed by atoms with Gasteiger partial charge in [-0.2, -0.15) is 0 Å². The second kappa shape index (κ2) is 4.96. The van der Waals surface area contributed by atoms with Crippen molar-refractivity contribution in [2.75, 3.05) is 13.1 Å². The lowest BCUT2D eigenvalue weighted by molar-refractivity contribution is -0.107. The van der Waals surface area contributed by atoms with Gasteiger partial charge < -0.3 is 4.57 Å². The van der Waals surface area contributed by atoms with E-state index in [-0.39, 0.29) is 10.7 Å². The lowest BCUT2D eigenvalue weighted by atomic mass is 9.66. The lowest BCUT2D eigenvalue weighted by Crippen LogP contribution is -2.50. The zero-order valence-electron chi connectivity index (χ0n) is 13.9. The van der Waals surface area contributed by atoms with Crippen molar-refractivity contribution in [3.8, 4) is 0 Å². The molecule has 1 aromatic carbocycles. The summed E-state index contributed by atoms with van der Waals surface area (Å²) < 4.78 is 2.16. The predicted octanol–water partition coefficient (Wildman–Crippen LogP) is 4.35. The first-order chi connectivity index (χ1) is 11.7. The Morgan fingerprint density at radius 3 is 2.96 bits per heavy atom. The summed E-state index contributed by atoms with van der Waals surface area (Å²) in [6, 6.07) is 8.84. The van der Waals surface area contributed by atoms with Gasteiger partial charge in [0.1, 0.15) is 5.70 Å². The number of halogens is 1. The van der Waals surface area contributed by atoms with Crippen molar-refractivity contribution in [2.45, 2.75) is 38.6 Å². The molecule has 3 aliphatic rings. The van der Waals surface area contributed by atoms with Gasteiger partial charge in [-0.25, -0.2) is 0 Å². The maximum atomic E-state index is 12.3. The molecule has 0 saturated carbocycles. The van der Waals surface area contributed by atoms with Crippen molar-refractivity contribution in [1.82, 2.24) is 9.47 Å². The van der Waals surface area contributed by atoms with Crippen molar-refractivity contribution >= 4 is 33.4 Å². The SMILES string of the molecule is CC[C@]12C=C(C(=O)Cl)n3c4c(c5ccccc53)CCN(CCC1)[C@@H]42. The number of hydrogen-bond donors (Lipinski definition) is 0. The molecule has 3 nitrogen and oxygen atoms in total. The molecule has 24 heavy (non-hydrogen) atoms. The van der Waals surface area contributed by atoms with Crippen molar-refractivity contribution < 1.29 is 4.79 Å². The second-order valence-electron chi connectivity index (χ2n) is 7.40. The van der Waals surface area contributed by atoms with Crippen molar-refractivity contribution in [3.63, 3.8) is 0 Å². The summed E-state index contributed by atoms with van der Waals surface area (Å²) in [7, 11) is 0. The Hall–Kier alpha value is -1.58. The Morgan fingerprint density at radius 1 is 1.33 bits per heavy atom. The van der Waals surface area contributed by atoms with E-state index in [2.05, 4.69) is 40.7 Å². The molecule has 4 heteroatoms. The van der Waals surface area contributed by atoms with E-state index in [1.165, 1.54) is 23.1 Å². The number of aromatic nitrogens is 1. The quantitative estimate of drug-likeness (QED) is 0.759. The molecule has 0 bridgehead atoms. The van der Waals surface area contributed by atoms with Crippen LogP contribution in [0, 0.1) is 5.41 Å². The Kier molecular flexibility index (Phi) is 3.05. The minimum Gasteiger partial charge on any atom is -0.308 e.